The molecule has 0 radical (unpaired) electrons. The molecule has 168 valence electrons. The molecule has 9 heteroatoms. The molecule has 33 heavy (non-hydrogen) atoms. The third-order valence-electron chi connectivity index (χ3n) is 4.73. The van der Waals surface area contributed by atoms with E-state index in [1.54, 1.807) is 49.8 Å². The summed E-state index contributed by atoms with van der Waals surface area (Å²) in [6, 6.07) is 18.8. The summed E-state index contributed by atoms with van der Waals surface area (Å²) in [7, 11) is 3.26. The topological polar surface area (TPSA) is 86.2 Å². The van der Waals surface area contributed by atoms with Gasteiger partial charge >= 0.3 is 0 Å². The van der Waals surface area contributed by atoms with Gasteiger partial charge in [0.25, 0.3) is 0 Å². The zero-order valence-electron chi connectivity index (χ0n) is 18.4. The van der Waals surface area contributed by atoms with Gasteiger partial charge in [0.2, 0.25) is 5.91 Å². The number of hydrogen-bond acceptors (Lipinski definition) is 8. The van der Waals surface area contributed by atoms with Crippen molar-refractivity contribution in [3.8, 4) is 32.6 Å². The molecular formula is C24H22N4O3S2. The number of rotatable bonds is 8. The second-order valence-electron chi connectivity index (χ2n) is 6.96. The number of carbonyl (C=O) groups is 1. The number of aryl methyl sites for hydroxylation is 1. The van der Waals surface area contributed by atoms with Gasteiger partial charge in [-0.05, 0) is 55.5 Å². The monoisotopic (exact) mass is 478 g/mol. The van der Waals surface area contributed by atoms with E-state index in [0.29, 0.717) is 10.7 Å². The molecule has 0 aliphatic rings. The Kier molecular flexibility index (Phi) is 7.21. The summed E-state index contributed by atoms with van der Waals surface area (Å²) in [4.78, 5) is 17.9. The second-order valence-corrected chi connectivity index (χ2v) is 8.95. The molecule has 4 rings (SSSR count). The molecule has 0 bridgehead atoms. The molecule has 1 amide bonds. The number of para-hydroxylation sites is 1. The zero-order valence-corrected chi connectivity index (χ0v) is 20.0. The van der Waals surface area contributed by atoms with E-state index in [1.807, 2.05) is 43.3 Å². The minimum atomic E-state index is -0.115. The molecular weight excluding hydrogens is 456 g/mol. The van der Waals surface area contributed by atoms with Crippen molar-refractivity contribution in [1.29, 1.82) is 0 Å². The van der Waals surface area contributed by atoms with E-state index in [2.05, 4.69) is 15.5 Å². The number of thiazole rings is 1. The van der Waals surface area contributed by atoms with Crippen LogP contribution in [0.15, 0.2) is 65.7 Å². The molecule has 4 aromatic rings. The van der Waals surface area contributed by atoms with Crippen molar-refractivity contribution in [3.63, 3.8) is 0 Å². The lowest BCUT2D eigenvalue weighted by Gasteiger charge is -2.06. The standard InChI is InChI=1S/C24H22N4O3S2/c1-15-23(33-24(25-15)18-6-4-5-7-20(18)31-3)19-12-13-22(28-27-19)32-14-21(29)26-16-8-10-17(30-2)11-9-16/h4-13H,14H2,1-3H3,(H,26,29). The van der Waals surface area contributed by atoms with Gasteiger partial charge < -0.3 is 14.8 Å². The first-order chi connectivity index (χ1) is 16.1. The van der Waals surface area contributed by atoms with E-state index in [9.17, 15) is 4.79 Å². The summed E-state index contributed by atoms with van der Waals surface area (Å²) in [5.74, 6) is 1.64. The molecule has 0 aliphatic heterocycles. The highest BCUT2D eigenvalue weighted by molar-refractivity contribution is 7.99. The fourth-order valence-corrected chi connectivity index (χ4v) is 4.77. The van der Waals surface area contributed by atoms with Crippen LogP contribution in [-0.4, -0.2) is 41.1 Å². The van der Waals surface area contributed by atoms with Crippen LogP contribution in [0.4, 0.5) is 5.69 Å². The SMILES string of the molecule is COc1ccc(NC(=O)CSc2ccc(-c3sc(-c4ccccc4OC)nc3C)nn2)cc1. The zero-order chi connectivity index (χ0) is 23.2. The van der Waals surface area contributed by atoms with Crippen LogP contribution >= 0.6 is 23.1 Å². The van der Waals surface area contributed by atoms with Crippen LogP contribution in [0.1, 0.15) is 5.69 Å². The van der Waals surface area contributed by atoms with Crippen molar-refractivity contribution < 1.29 is 14.3 Å². The molecule has 0 atom stereocenters. The highest BCUT2D eigenvalue weighted by Gasteiger charge is 2.16. The summed E-state index contributed by atoms with van der Waals surface area (Å²) in [5.41, 5.74) is 3.30. The Morgan fingerprint density at radius 2 is 1.79 bits per heavy atom. The molecule has 0 saturated heterocycles. The van der Waals surface area contributed by atoms with E-state index in [4.69, 9.17) is 14.5 Å². The Hall–Kier alpha value is -3.43. The molecule has 7 nitrogen and oxygen atoms in total. The first kappa shape index (κ1) is 22.8. The van der Waals surface area contributed by atoms with Gasteiger partial charge in [0.1, 0.15) is 27.2 Å². The first-order valence-electron chi connectivity index (χ1n) is 10.1. The average Bonchev–Trinajstić information content (AvgIpc) is 3.25. The molecule has 0 unspecified atom stereocenters. The molecule has 0 saturated carbocycles. The maximum absolute atomic E-state index is 12.2. The van der Waals surface area contributed by atoms with Crippen molar-refractivity contribution in [2.24, 2.45) is 0 Å². The molecule has 2 heterocycles. The Labute approximate surface area is 200 Å². The number of carbonyl (C=O) groups excluding carboxylic acids is 1. The van der Waals surface area contributed by atoms with Crippen LogP contribution < -0.4 is 14.8 Å². The first-order valence-corrected chi connectivity index (χ1v) is 11.9. The third-order valence-corrected chi connectivity index (χ3v) is 6.86. The van der Waals surface area contributed by atoms with Crippen molar-refractivity contribution in [2.45, 2.75) is 11.9 Å². The molecule has 2 aromatic carbocycles. The van der Waals surface area contributed by atoms with E-state index in [1.165, 1.54) is 11.8 Å². The van der Waals surface area contributed by atoms with E-state index < -0.39 is 0 Å². The van der Waals surface area contributed by atoms with Crippen LogP contribution in [0.25, 0.3) is 21.1 Å². The average molecular weight is 479 g/mol. The van der Waals surface area contributed by atoms with E-state index >= 15 is 0 Å². The lowest BCUT2D eigenvalue weighted by Crippen LogP contribution is -2.14. The highest BCUT2D eigenvalue weighted by atomic mass is 32.2. The van der Waals surface area contributed by atoms with Crippen molar-refractivity contribution >= 4 is 34.7 Å². The predicted octanol–water partition coefficient (Wildman–Crippen LogP) is 5.32. The van der Waals surface area contributed by atoms with Crippen molar-refractivity contribution in [2.75, 3.05) is 25.3 Å². The number of methoxy groups -OCH3 is 2. The fourth-order valence-electron chi connectivity index (χ4n) is 3.10. The smallest absolute Gasteiger partial charge is 0.234 e. The largest absolute Gasteiger partial charge is 0.497 e. The predicted molar refractivity (Wildman–Crippen MR) is 132 cm³/mol. The van der Waals surface area contributed by atoms with Gasteiger partial charge in [0.05, 0.1) is 36.1 Å². The number of benzene rings is 2. The lowest BCUT2D eigenvalue weighted by atomic mass is 10.2. The Morgan fingerprint density at radius 3 is 2.48 bits per heavy atom. The van der Waals surface area contributed by atoms with E-state index in [0.717, 1.165) is 38.3 Å². The highest BCUT2D eigenvalue weighted by Crippen LogP contribution is 2.38. The number of anilines is 1. The number of thioether (sulfide) groups is 1. The van der Waals surface area contributed by atoms with Gasteiger partial charge in [-0.2, -0.15) is 0 Å². The third kappa shape index (κ3) is 5.50. The molecule has 0 spiro atoms. The number of nitrogens with one attached hydrogen (secondary N) is 1. The van der Waals surface area contributed by atoms with E-state index in [-0.39, 0.29) is 11.7 Å². The summed E-state index contributed by atoms with van der Waals surface area (Å²) < 4.78 is 10.6. The molecule has 0 aliphatic carbocycles. The summed E-state index contributed by atoms with van der Waals surface area (Å²) in [5, 5.41) is 13.1. The van der Waals surface area contributed by atoms with Crippen LogP contribution in [0.5, 0.6) is 11.5 Å². The van der Waals surface area contributed by atoms with Gasteiger partial charge in [-0.15, -0.1) is 21.5 Å². The number of ether oxygens (including phenoxy) is 2. The minimum absolute atomic E-state index is 0.115. The van der Waals surface area contributed by atoms with Crippen molar-refractivity contribution in [1.82, 2.24) is 15.2 Å². The fraction of sp³-hybridized carbons (Fsp3) is 0.167. The lowest BCUT2D eigenvalue weighted by molar-refractivity contribution is -0.113. The van der Waals surface area contributed by atoms with Crippen LogP contribution in [0.2, 0.25) is 0 Å². The second kappa shape index (κ2) is 10.5. The van der Waals surface area contributed by atoms with Crippen LogP contribution in [-0.2, 0) is 4.79 Å². The van der Waals surface area contributed by atoms with Gasteiger partial charge in [-0.25, -0.2) is 4.98 Å². The van der Waals surface area contributed by atoms with Gasteiger partial charge in [-0.3, -0.25) is 4.79 Å². The summed E-state index contributed by atoms with van der Waals surface area (Å²) >= 11 is 2.88. The number of amides is 1. The van der Waals surface area contributed by atoms with Crippen LogP contribution in [0.3, 0.4) is 0 Å². The normalized spacial score (nSPS) is 10.6. The number of aromatic nitrogens is 3. The minimum Gasteiger partial charge on any atom is -0.497 e. The number of nitrogens with zero attached hydrogens (tertiary/aromatic N) is 3. The Morgan fingerprint density at radius 1 is 1.00 bits per heavy atom. The molecule has 2 aromatic heterocycles. The van der Waals surface area contributed by atoms with Crippen LogP contribution in [0, 0.1) is 6.92 Å². The maximum atomic E-state index is 12.2. The Balaban J connectivity index is 1.40. The summed E-state index contributed by atoms with van der Waals surface area (Å²) in [6.07, 6.45) is 0. The van der Waals surface area contributed by atoms with Gasteiger partial charge in [-0.1, -0.05) is 23.9 Å². The quantitative estimate of drug-likeness (QED) is 0.343. The molecule has 1 N–H and O–H groups in total. The Bertz CT molecular complexity index is 1240. The molecule has 0 fully saturated rings. The van der Waals surface area contributed by atoms with Crippen molar-refractivity contribution in [3.05, 3.63) is 66.4 Å². The van der Waals surface area contributed by atoms with Gasteiger partial charge in [0, 0.05) is 5.69 Å². The van der Waals surface area contributed by atoms with Gasteiger partial charge in [0.15, 0.2) is 0 Å². The summed E-state index contributed by atoms with van der Waals surface area (Å²) in [6.45, 7) is 1.96. The maximum Gasteiger partial charge on any atom is 0.234 e. The number of hydrogen-bond donors (Lipinski definition) is 1.